The number of nitrogens with one attached hydrogen (secondary N) is 1. The van der Waals surface area contributed by atoms with Crippen molar-refractivity contribution in [1.82, 2.24) is 5.32 Å². The van der Waals surface area contributed by atoms with Gasteiger partial charge in [-0.1, -0.05) is 48.0 Å². The Morgan fingerprint density at radius 2 is 2.00 bits per heavy atom. The Hall–Kier alpha value is -1.91. The second-order valence-electron chi connectivity index (χ2n) is 6.13. The highest BCUT2D eigenvalue weighted by Gasteiger charge is 2.42. The van der Waals surface area contributed by atoms with Crippen molar-refractivity contribution in [3.63, 3.8) is 0 Å². The maximum Gasteiger partial charge on any atom is 0.273 e. The molecule has 0 bridgehead atoms. The van der Waals surface area contributed by atoms with Crippen LogP contribution in [0.3, 0.4) is 0 Å². The molecule has 23 heavy (non-hydrogen) atoms. The van der Waals surface area contributed by atoms with Crippen molar-refractivity contribution in [3.05, 3.63) is 80.4 Å². The van der Waals surface area contributed by atoms with E-state index in [1.807, 2.05) is 43.3 Å². The minimum atomic E-state index is -0.747. The van der Waals surface area contributed by atoms with E-state index in [0.29, 0.717) is 5.02 Å². The second-order valence-corrected chi connectivity index (χ2v) is 6.56. The van der Waals surface area contributed by atoms with E-state index >= 15 is 0 Å². The third-order valence-corrected chi connectivity index (χ3v) is 4.74. The zero-order valence-electron chi connectivity index (χ0n) is 12.9. The second kappa shape index (κ2) is 6.69. The predicted molar refractivity (Wildman–Crippen MR) is 91.4 cm³/mol. The van der Waals surface area contributed by atoms with E-state index in [-0.39, 0.29) is 16.9 Å². The van der Waals surface area contributed by atoms with Gasteiger partial charge in [0.25, 0.3) is 6.17 Å². The first kappa shape index (κ1) is 16.0. The SMILES string of the molecule is Cc1cc(Cl)ccc1C1CC(Cc2ccccc2)NC1[N+](=O)[O-]. The molecule has 1 fully saturated rings. The Labute approximate surface area is 140 Å². The number of rotatable bonds is 4. The normalized spacial score (nSPS) is 23.8. The molecule has 0 saturated carbocycles. The summed E-state index contributed by atoms with van der Waals surface area (Å²) in [6, 6.07) is 15.8. The van der Waals surface area contributed by atoms with Crippen LogP contribution in [0.4, 0.5) is 0 Å². The van der Waals surface area contributed by atoms with Crippen LogP contribution < -0.4 is 5.32 Å². The summed E-state index contributed by atoms with van der Waals surface area (Å²) in [6.45, 7) is 1.96. The van der Waals surface area contributed by atoms with Crippen molar-refractivity contribution in [2.24, 2.45) is 0 Å². The summed E-state index contributed by atoms with van der Waals surface area (Å²) in [6.07, 6.45) is 0.806. The molecule has 0 radical (unpaired) electrons. The molecule has 4 nitrogen and oxygen atoms in total. The van der Waals surface area contributed by atoms with Crippen LogP contribution in [-0.2, 0) is 6.42 Å². The zero-order valence-corrected chi connectivity index (χ0v) is 13.7. The molecule has 3 atom stereocenters. The van der Waals surface area contributed by atoms with Gasteiger partial charge in [-0.25, -0.2) is 0 Å². The predicted octanol–water partition coefficient (Wildman–Crippen LogP) is 3.94. The molecule has 120 valence electrons. The number of benzene rings is 2. The van der Waals surface area contributed by atoms with Crippen molar-refractivity contribution in [1.29, 1.82) is 0 Å². The van der Waals surface area contributed by atoms with Crippen LogP contribution in [0, 0.1) is 17.0 Å². The van der Waals surface area contributed by atoms with Crippen LogP contribution in [0.1, 0.15) is 29.0 Å². The molecule has 0 spiro atoms. The van der Waals surface area contributed by atoms with E-state index in [2.05, 4.69) is 17.4 Å². The van der Waals surface area contributed by atoms with Crippen molar-refractivity contribution in [3.8, 4) is 0 Å². The van der Waals surface area contributed by atoms with Gasteiger partial charge in [0.2, 0.25) is 0 Å². The molecule has 1 N–H and O–H groups in total. The topological polar surface area (TPSA) is 55.2 Å². The van der Waals surface area contributed by atoms with Gasteiger partial charge in [0.05, 0.1) is 5.92 Å². The Morgan fingerprint density at radius 3 is 2.65 bits per heavy atom. The van der Waals surface area contributed by atoms with E-state index < -0.39 is 6.17 Å². The molecule has 3 unspecified atom stereocenters. The number of hydrogen-bond donors (Lipinski definition) is 1. The van der Waals surface area contributed by atoms with E-state index in [0.717, 1.165) is 24.0 Å². The molecule has 3 rings (SSSR count). The summed E-state index contributed by atoms with van der Waals surface area (Å²) in [5.74, 6) is -0.129. The van der Waals surface area contributed by atoms with Gasteiger partial charge in [0.1, 0.15) is 0 Å². The molecule has 0 aromatic heterocycles. The summed E-state index contributed by atoms with van der Waals surface area (Å²) in [7, 11) is 0. The van der Waals surface area contributed by atoms with Gasteiger partial charge in [0, 0.05) is 16.0 Å². The van der Waals surface area contributed by atoms with Crippen molar-refractivity contribution in [2.75, 3.05) is 0 Å². The summed E-state index contributed by atoms with van der Waals surface area (Å²) >= 11 is 6.01. The zero-order chi connectivity index (χ0) is 16.4. The van der Waals surface area contributed by atoms with Gasteiger partial charge >= 0.3 is 0 Å². The van der Waals surface area contributed by atoms with Crippen LogP contribution in [0.15, 0.2) is 48.5 Å². The molecule has 1 aliphatic heterocycles. The molecule has 1 heterocycles. The van der Waals surface area contributed by atoms with Crippen LogP contribution >= 0.6 is 11.6 Å². The van der Waals surface area contributed by atoms with Gasteiger partial charge in [-0.05, 0) is 48.6 Å². The monoisotopic (exact) mass is 330 g/mol. The average molecular weight is 331 g/mol. The minimum absolute atomic E-state index is 0.105. The van der Waals surface area contributed by atoms with E-state index in [9.17, 15) is 10.1 Å². The fraction of sp³-hybridized carbons (Fsp3) is 0.333. The molecule has 1 aliphatic rings. The lowest BCUT2D eigenvalue weighted by Gasteiger charge is -2.15. The van der Waals surface area contributed by atoms with Gasteiger partial charge in [-0.2, -0.15) is 0 Å². The Kier molecular flexibility index (Phi) is 4.64. The van der Waals surface area contributed by atoms with Gasteiger partial charge in [-0.3, -0.25) is 15.4 Å². The summed E-state index contributed by atoms with van der Waals surface area (Å²) in [5.41, 5.74) is 3.22. The highest BCUT2D eigenvalue weighted by molar-refractivity contribution is 6.30. The minimum Gasteiger partial charge on any atom is -0.263 e. The first-order chi connectivity index (χ1) is 11.0. The fourth-order valence-corrected chi connectivity index (χ4v) is 3.69. The van der Waals surface area contributed by atoms with Crippen LogP contribution in [0.25, 0.3) is 0 Å². The number of hydrogen-bond acceptors (Lipinski definition) is 3. The van der Waals surface area contributed by atoms with Crippen LogP contribution in [-0.4, -0.2) is 17.1 Å². The maximum absolute atomic E-state index is 11.5. The molecular formula is C18H19ClN2O2. The first-order valence-electron chi connectivity index (χ1n) is 7.74. The van der Waals surface area contributed by atoms with Crippen molar-refractivity contribution < 1.29 is 4.92 Å². The molecular weight excluding hydrogens is 312 g/mol. The molecule has 0 aliphatic carbocycles. The fourth-order valence-electron chi connectivity index (χ4n) is 3.46. The van der Waals surface area contributed by atoms with Crippen LogP contribution in [0.2, 0.25) is 5.02 Å². The highest BCUT2D eigenvalue weighted by atomic mass is 35.5. The Bertz CT molecular complexity index is 705. The molecule has 2 aromatic carbocycles. The smallest absolute Gasteiger partial charge is 0.263 e. The summed E-state index contributed by atoms with van der Waals surface area (Å²) in [5, 5.41) is 15.3. The third kappa shape index (κ3) is 3.54. The summed E-state index contributed by atoms with van der Waals surface area (Å²) in [4.78, 5) is 11.3. The number of nitrogens with zero attached hydrogens (tertiary/aromatic N) is 1. The molecule has 0 amide bonds. The molecule has 5 heteroatoms. The van der Waals surface area contributed by atoms with Gasteiger partial charge in [-0.15, -0.1) is 0 Å². The number of aryl methyl sites for hydroxylation is 1. The maximum atomic E-state index is 11.5. The van der Waals surface area contributed by atoms with E-state index in [1.165, 1.54) is 5.56 Å². The van der Waals surface area contributed by atoms with Gasteiger partial charge in [0.15, 0.2) is 0 Å². The third-order valence-electron chi connectivity index (χ3n) is 4.51. The average Bonchev–Trinajstić information content (AvgIpc) is 2.92. The number of nitro groups is 1. The largest absolute Gasteiger partial charge is 0.273 e. The molecule has 1 saturated heterocycles. The summed E-state index contributed by atoms with van der Waals surface area (Å²) < 4.78 is 0. The highest BCUT2D eigenvalue weighted by Crippen LogP contribution is 2.35. The van der Waals surface area contributed by atoms with E-state index in [4.69, 9.17) is 11.6 Å². The lowest BCUT2D eigenvalue weighted by atomic mass is 9.89. The lowest BCUT2D eigenvalue weighted by Crippen LogP contribution is -2.38. The van der Waals surface area contributed by atoms with Crippen molar-refractivity contribution >= 4 is 11.6 Å². The first-order valence-corrected chi connectivity index (χ1v) is 8.12. The standard InChI is InChI=1S/C18H19ClN2O2/c1-12-9-14(19)7-8-16(12)17-11-15(20-18(17)21(22)23)10-13-5-3-2-4-6-13/h2-9,15,17-18,20H,10-11H2,1H3. The Morgan fingerprint density at radius 1 is 1.26 bits per heavy atom. The van der Waals surface area contributed by atoms with Crippen LogP contribution in [0.5, 0.6) is 0 Å². The number of halogens is 1. The lowest BCUT2D eigenvalue weighted by molar-refractivity contribution is -0.529. The van der Waals surface area contributed by atoms with Gasteiger partial charge < -0.3 is 0 Å². The van der Waals surface area contributed by atoms with Crippen molar-refractivity contribution in [2.45, 2.75) is 37.9 Å². The van der Waals surface area contributed by atoms with E-state index in [1.54, 1.807) is 0 Å². The molecule has 2 aromatic rings. The quantitative estimate of drug-likeness (QED) is 0.682. The Balaban J connectivity index is 1.83.